The maximum Gasteiger partial charge on any atom is 0.271 e. The Morgan fingerprint density at radius 3 is 2.68 bits per heavy atom. The van der Waals surface area contributed by atoms with E-state index in [-0.39, 0.29) is 11.6 Å². The lowest BCUT2D eigenvalue weighted by Crippen LogP contribution is -2.38. The number of aromatic nitrogens is 1. The summed E-state index contributed by atoms with van der Waals surface area (Å²) in [7, 11) is 0. The highest BCUT2D eigenvalue weighted by atomic mass is 32.1. The van der Waals surface area contributed by atoms with Gasteiger partial charge in [0.1, 0.15) is 0 Å². The van der Waals surface area contributed by atoms with Gasteiger partial charge < -0.3 is 0 Å². The molecular weight excluding hydrogens is 420 g/mol. The summed E-state index contributed by atoms with van der Waals surface area (Å²) in [6.07, 6.45) is 3.90. The molecule has 3 nitrogen and oxygen atoms in total. The number of thiophene rings is 1. The molecule has 1 aliphatic heterocycles. The minimum Gasteiger partial charge on any atom is -0.272 e. The van der Waals surface area contributed by atoms with Crippen LogP contribution in [-0.2, 0) is 6.42 Å². The number of aryl methyl sites for hydroxylation is 2. The fourth-order valence-corrected chi connectivity index (χ4v) is 6.30. The van der Waals surface area contributed by atoms with E-state index in [1.165, 1.54) is 33.6 Å². The van der Waals surface area contributed by atoms with Gasteiger partial charge in [-0.15, -0.1) is 11.3 Å². The van der Waals surface area contributed by atoms with Crippen LogP contribution >= 0.6 is 22.7 Å². The molecular formula is C26H20N2OS2. The Labute approximate surface area is 188 Å². The lowest BCUT2D eigenvalue weighted by atomic mass is 9.83. The number of hydrogen-bond acceptors (Lipinski definition) is 4. The zero-order valence-electron chi connectivity index (χ0n) is 17.0. The van der Waals surface area contributed by atoms with Crippen LogP contribution in [0.5, 0.6) is 0 Å². The first-order valence-electron chi connectivity index (χ1n) is 10.4. The highest BCUT2D eigenvalue weighted by Crippen LogP contribution is 2.41. The van der Waals surface area contributed by atoms with E-state index >= 15 is 0 Å². The number of benzene rings is 2. The van der Waals surface area contributed by atoms with Gasteiger partial charge >= 0.3 is 0 Å². The topological polar surface area (TPSA) is 34.4 Å². The van der Waals surface area contributed by atoms with Gasteiger partial charge in [0.05, 0.1) is 16.3 Å². The number of thiazole rings is 1. The second kappa shape index (κ2) is 7.29. The second-order valence-electron chi connectivity index (χ2n) is 8.04. The van der Waals surface area contributed by atoms with Crippen LogP contribution in [-0.4, -0.2) is 4.57 Å². The smallest absolute Gasteiger partial charge is 0.271 e. The summed E-state index contributed by atoms with van der Waals surface area (Å²) in [5, 5.41) is 2.04. The second-order valence-corrected chi connectivity index (χ2v) is 10.0. The van der Waals surface area contributed by atoms with E-state index in [9.17, 15) is 4.79 Å². The van der Waals surface area contributed by atoms with Crippen molar-refractivity contribution in [3.8, 4) is 0 Å². The largest absolute Gasteiger partial charge is 0.272 e. The van der Waals surface area contributed by atoms with Crippen LogP contribution in [0.25, 0.3) is 11.8 Å². The lowest BCUT2D eigenvalue weighted by molar-refractivity contribution is 0.585. The Morgan fingerprint density at radius 1 is 1.03 bits per heavy atom. The first-order chi connectivity index (χ1) is 15.2. The van der Waals surface area contributed by atoms with Gasteiger partial charge in [0.15, 0.2) is 4.80 Å². The fourth-order valence-electron chi connectivity index (χ4n) is 4.57. The molecule has 0 spiro atoms. The molecule has 0 fully saturated rings. The first-order valence-corrected chi connectivity index (χ1v) is 12.1. The van der Waals surface area contributed by atoms with Crippen LogP contribution in [0.3, 0.4) is 0 Å². The van der Waals surface area contributed by atoms with Gasteiger partial charge in [-0.25, -0.2) is 4.99 Å². The molecule has 0 unspecified atom stereocenters. The predicted molar refractivity (Wildman–Crippen MR) is 128 cm³/mol. The number of allylic oxidation sites excluding steroid dienone is 1. The Hall–Kier alpha value is -3.02. The van der Waals surface area contributed by atoms with Crippen LogP contribution < -0.4 is 14.9 Å². The molecule has 0 saturated heterocycles. The molecule has 0 radical (unpaired) electrons. The van der Waals surface area contributed by atoms with Crippen molar-refractivity contribution in [1.29, 1.82) is 0 Å². The minimum atomic E-state index is -0.106. The van der Waals surface area contributed by atoms with E-state index in [4.69, 9.17) is 4.99 Å². The Kier molecular flexibility index (Phi) is 4.40. The third-order valence-corrected chi connectivity index (χ3v) is 7.88. The van der Waals surface area contributed by atoms with Gasteiger partial charge in [-0.05, 0) is 54.0 Å². The summed E-state index contributed by atoms with van der Waals surface area (Å²) in [5.74, 6) is 0. The highest BCUT2D eigenvalue weighted by Gasteiger charge is 2.32. The molecule has 6 rings (SSSR count). The van der Waals surface area contributed by atoms with Crippen molar-refractivity contribution < 1.29 is 0 Å². The summed E-state index contributed by atoms with van der Waals surface area (Å²) in [5.41, 5.74) is 7.26. The van der Waals surface area contributed by atoms with Gasteiger partial charge in [0, 0.05) is 10.4 Å². The van der Waals surface area contributed by atoms with E-state index in [0.717, 1.165) is 38.3 Å². The maximum atomic E-state index is 13.6. The quantitative estimate of drug-likeness (QED) is 0.445. The van der Waals surface area contributed by atoms with Crippen molar-refractivity contribution in [2.24, 2.45) is 4.99 Å². The average Bonchev–Trinajstić information content (AvgIpc) is 3.41. The molecule has 1 atom stereocenters. The average molecular weight is 441 g/mol. The third kappa shape index (κ3) is 3.08. The van der Waals surface area contributed by atoms with Crippen LogP contribution in [0.2, 0.25) is 0 Å². The summed E-state index contributed by atoms with van der Waals surface area (Å²) in [6, 6.07) is 21.1. The summed E-state index contributed by atoms with van der Waals surface area (Å²) < 4.78 is 2.66. The van der Waals surface area contributed by atoms with Crippen molar-refractivity contribution in [1.82, 2.24) is 4.57 Å². The minimum absolute atomic E-state index is 0.0492. The molecule has 0 bridgehead atoms. The number of fused-ring (bicyclic) bond motifs is 3. The summed E-state index contributed by atoms with van der Waals surface area (Å²) in [4.78, 5) is 20.5. The Morgan fingerprint density at radius 2 is 1.87 bits per heavy atom. The number of nitrogens with zero attached hydrogens (tertiary/aromatic N) is 2. The van der Waals surface area contributed by atoms with Crippen LogP contribution in [0.1, 0.15) is 39.6 Å². The molecule has 31 heavy (non-hydrogen) atoms. The van der Waals surface area contributed by atoms with Crippen molar-refractivity contribution >= 4 is 34.4 Å². The van der Waals surface area contributed by atoms with Crippen molar-refractivity contribution in [2.45, 2.75) is 25.8 Å². The van der Waals surface area contributed by atoms with E-state index in [1.54, 1.807) is 11.3 Å². The fraction of sp³-hybridized carbons (Fsp3) is 0.154. The lowest BCUT2D eigenvalue weighted by Gasteiger charge is -2.30. The zero-order chi connectivity index (χ0) is 20.9. The molecule has 1 aliphatic carbocycles. The molecule has 0 amide bonds. The molecule has 2 aromatic heterocycles. The molecule has 4 aromatic rings. The summed E-state index contributed by atoms with van der Waals surface area (Å²) >= 11 is 3.14. The van der Waals surface area contributed by atoms with Crippen LogP contribution in [0.4, 0.5) is 0 Å². The standard InChI is InChI=1S/C26H20N2OS2/c1-16-8-10-18(11-9-16)24-21-13-12-17-5-2-3-7-20(17)23(21)27-26-28(24)25(29)22(31-26)15-19-6-4-14-30-19/h2-11,14-15,24H,12-13H2,1H3/b22-15-/t24-/m0/s1. The number of hydrogen-bond donors (Lipinski definition) is 0. The van der Waals surface area contributed by atoms with Gasteiger partial charge in [-0.3, -0.25) is 9.36 Å². The summed E-state index contributed by atoms with van der Waals surface area (Å²) in [6.45, 7) is 2.10. The SMILES string of the molecule is Cc1ccc([C@H]2C3=C(N=c4s/c(=C\c5cccs5)c(=O)n42)c2ccccc2CC3)cc1. The molecule has 2 aliphatic rings. The molecule has 2 aromatic carbocycles. The maximum absolute atomic E-state index is 13.6. The van der Waals surface area contributed by atoms with Crippen LogP contribution in [0.15, 0.2) is 81.4 Å². The van der Waals surface area contributed by atoms with Crippen molar-refractivity contribution in [3.63, 3.8) is 0 Å². The van der Waals surface area contributed by atoms with Gasteiger partial charge in [-0.2, -0.15) is 0 Å². The Balaban J connectivity index is 1.65. The molecule has 3 heterocycles. The number of rotatable bonds is 2. The first kappa shape index (κ1) is 18.7. The Bertz CT molecular complexity index is 1500. The molecule has 0 N–H and O–H groups in total. The van der Waals surface area contributed by atoms with E-state index in [1.807, 2.05) is 28.2 Å². The van der Waals surface area contributed by atoms with Crippen molar-refractivity contribution in [2.75, 3.05) is 0 Å². The van der Waals surface area contributed by atoms with Gasteiger partial charge in [0.2, 0.25) is 0 Å². The van der Waals surface area contributed by atoms with E-state index in [0.29, 0.717) is 0 Å². The van der Waals surface area contributed by atoms with Crippen LogP contribution in [0, 0.1) is 6.92 Å². The highest BCUT2D eigenvalue weighted by molar-refractivity contribution is 7.11. The monoisotopic (exact) mass is 440 g/mol. The van der Waals surface area contributed by atoms with Crippen molar-refractivity contribution in [3.05, 3.63) is 118 Å². The van der Waals surface area contributed by atoms with Gasteiger partial charge in [-0.1, -0.05) is 71.5 Å². The molecule has 152 valence electrons. The van der Waals surface area contributed by atoms with Gasteiger partial charge in [0.25, 0.3) is 5.56 Å². The molecule has 0 saturated carbocycles. The normalized spacial score (nSPS) is 17.7. The van der Waals surface area contributed by atoms with E-state index < -0.39 is 0 Å². The van der Waals surface area contributed by atoms with E-state index in [2.05, 4.69) is 55.5 Å². The zero-order valence-corrected chi connectivity index (χ0v) is 18.7. The third-order valence-electron chi connectivity index (χ3n) is 6.08. The predicted octanol–water partition coefficient (Wildman–Crippen LogP) is 4.69. The molecule has 5 heteroatoms.